The van der Waals surface area contributed by atoms with Gasteiger partial charge in [0, 0.05) is 17.8 Å². The number of oxazole rings is 1. The zero-order valence-corrected chi connectivity index (χ0v) is 13.4. The zero-order chi connectivity index (χ0) is 17.3. The van der Waals surface area contributed by atoms with Gasteiger partial charge >= 0.3 is 5.76 Å². The van der Waals surface area contributed by atoms with E-state index in [2.05, 4.69) is 5.32 Å². The van der Waals surface area contributed by atoms with Gasteiger partial charge in [-0.25, -0.2) is 9.18 Å². The van der Waals surface area contributed by atoms with Crippen molar-refractivity contribution in [1.82, 2.24) is 4.57 Å². The van der Waals surface area contributed by atoms with Crippen molar-refractivity contribution in [1.29, 1.82) is 0 Å². The molecule has 0 saturated carbocycles. The van der Waals surface area contributed by atoms with Gasteiger partial charge in [0.1, 0.15) is 5.82 Å². The van der Waals surface area contributed by atoms with Crippen molar-refractivity contribution in [2.45, 2.75) is 26.3 Å². The van der Waals surface area contributed by atoms with E-state index in [1.807, 2.05) is 13.8 Å². The van der Waals surface area contributed by atoms with Crippen LogP contribution in [-0.4, -0.2) is 10.5 Å². The summed E-state index contributed by atoms with van der Waals surface area (Å²) in [6.07, 6.45) is 0.134. The molecule has 0 aliphatic rings. The Hall–Kier alpha value is -2.89. The predicted molar refractivity (Wildman–Crippen MR) is 89.6 cm³/mol. The number of amides is 1. The number of aromatic nitrogens is 1. The van der Waals surface area contributed by atoms with Gasteiger partial charge in [0.2, 0.25) is 5.91 Å². The summed E-state index contributed by atoms with van der Waals surface area (Å²) in [6, 6.07) is 10.8. The lowest BCUT2D eigenvalue weighted by Gasteiger charge is -2.07. The first-order valence-electron chi connectivity index (χ1n) is 7.63. The van der Waals surface area contributed by atoms with Crippen molar-refractivity contribution in [3.05, 3.63) is 64.4 Å². The molecule has 1 aromatic heterocycles. The maximum absolute atomic E-state index is 12.9. The summed E-state index contributed by atoms with van der Waals surface area (Å²) in [6.45, 7) is 3.80. The van der Waals surface area contributed by atoms with Gasteiger partial charge < -0.3 is 9.73 Å². The van der Waals surface area contributed by atoms with Crippen LogP contribution in [0.5, 0.6) is 0 Å². The molecule has 0 aliphatic carbocycles. The molecule has 124 valence electrons. The molecule has 0 fully saturated rings. The molecule has 5 nitrogen and oxygen atoms in total. The monoisotopic (exact) mass is 328 g/mol. The van der Waals surface area contributed by atoms with Crippen molar-refractivity contribution >= 4 is 22.7 Å². The Morgan fingerprint density at radius 1 is 1.21 bits per heavy atom. The first kappa shape index (κ1) is 16.0. The second kappa shape index (κ2) is 6.31. The average Bonchev–Trinajstić information content (AvgIpc) is 2.84. The van der Waals surface area contributed by atoms with Crippen molar-refractivity contribution in [3.63, 3.8) is 0 Å². The molecule has 0 spiro atoms. The largest absolute Gasteiger partial charge is 0.420 e. The van der Waals surface area contributed by atoms with E-state index < -0.39 is 5.76 Å². The van der Waals surface area contributed by atoms with Gasteiger partial charge in [0.05, 0.1) is 11.9 Å². The Morgan fingerprint density at radius 2 is 1.92 bits per heavy atom. The molecule has 1 amide bonds. The van der Waals surface area contributed by atoms with Crippen LogP contribution in [0.4, 0.5) is 10.1 Å². The van der Waals surface area contributed by atoms with E-state index in [9.17, 15) is 14.0 Å². The highest BCUT2D eigenvalue weighted by Gasteiger charge is 2.13. The molecular weight excluding hydrogens is 311 g/mol. The SMILES string of the molecule is CC(C)n1c(=O)oc2cc(NC(=O)Cc3ccc(F)cc3)ccc21. The molecule has 1 heterocycles. The quantitative estimate of drug-likeness (QED) is 0.797. The Morgan fingerprint density at radius 3 is 2.58 bits per heavy atom. The summed E-state index contributed by atoms with van der Waals surface area (Å²) in [5, 5.41) is 2.75. The molecule has 6 heteroatoms. The molecule has 0 atom stereocenters. The van der Waals surface area contributed by atoms with E-state index in [0.717, 1.165) is 0 Å². The number of hydrogen-bond acceptors (Lipinski definition) is 3. The number of fused-ring (bicyclic) bond motifs is 1. The van der Waals surface area contributed by atoms with E-state index >= 15 is 0 Å². The van der Waals surface area contributed by atoms with E-state index in [-0.39, 0.29) is 24.2 Å². The highest BCUT2D eigenvalue weighted by atomic mass is 19.1. The third-order valence-corrected chi connectivity index (χ3v) is 3.69. The van der Waals surface area contributed by atoms with Gasteiger partial charge in [0.25, 0.3) is 0 Å². The Balaban J connectivity index is 1.79. The van der Waals surface area contributed by atoms with Crippen molar-refractivity contribution in [2.24, 2.45) is 0 Å². The lowest BCUT2D eigenvalue weighted by Crippen LogP contribution is -2.16. The number of rotatable bonds is 4. The van der Waals surface area contributed by atoms with Crippen molar-refractivity contribution in [3.8, 4) is 0 Å². The topological polar surface area (TPSA) is 64.2 Å². The number of carbonyl (C=O) groups excluding carboxylic acids is 1. The van der Waals surface area contributed by atoms with Gasteiger partial charge in [-0.1, -0.05) is 12.1 Å². The molecule has 0 aliphatic heterocycles. The molecule has 3 aromatic rings. The second-order valence-corrected chi connectivity index (χ2v) is 5.87. The van der Waals surface area contributed by atoms with Crippen LogP contribution in [0.25, 0.3) is 11.1 Å². The lowest BCUT2D eigenvalue weighted by molar-refractivity contribution is -0.115. The fourth-order valence-electron chi connectivity index (χ4n) is 2.60. The second-order valence-electron chi connectivity index (χ2n) is 5.87. The third kappa shape index (κ3) is 3.22. The number of carbonyl (C=O) groups is 1. The number of hydrogen-bond donors (Lipinski definition) is 1. The predicted octanol–water partition coefficient (Wildman–Crippen LogP) is 3.50. The molecule has 0 unspecified atom stereocenters. The van der Waals surface area contributed by atoms with Crippen LogP contribution in [0.1, 0.15) is 25.5 Å². The number of halogens is 1. The van der Waals surface area contributed by atoms with Crippen LogP contribution in [0, 0.1) is 5.82 Å². The summed E-state index contributed by atoms with van der Waals surface area (Å²) in [7, 11) is 0. The van der Waals surface area contributed by atoms with E-state index in [1.54, 1.807) is 34.9 Å². The van der Waals surface area contributed by atoms with Gasteiger partial charge in [-0.3, -0.25) is 9.36 Å². The normalized spacial score (nSPS) is 11.2. The summed E-state index contributed by atoms with van der Waals surface area (Å²) in [5.74, 6) is -0.990. The fraction of sp³-hybridized carbons (Fsp3) is 0.222. The molecule has 0 radical (unpaired) electrons. The van der Waals surface area contributed by atoms with Crippen LogP contribution in [-0.2, 0) is 11.2 Å². The minimum Gasteiger partial charge on any atom is -0.408 e. The Kier molecular flexibility index (Phi) is 4.20. The van der Waals surface area contributed by atoms with E-state index in [4.69, 9.17) is 4.42 Å². The first-order valence-corrected chi connectivity index (χ1v) is 7.63. The van der Waals surface area contributed by atoms with Gasteiger partial charge in [0.15, 0.2) is 5.58 Å². The van der Waals surface area contributed by atoms with Crippen LogP contribution in [0.15, 0.2) is 51.7 Å². The summed E-state index contributed by atoms with van der Waals surface area (Å²) >= 11 is 0. The molecule has 24 heavy (non-hydrogen) atoms. The molecule has 1 N–H and O–H groups in total. The summed E-state index contributed by atoms with van der Waals surface area (Å²) < 4.78 is 19.7. The number of nitrogens with one attached hydrogen (secondary N) is 1. The highest BCUT2D eigenvalue weighted by molar-refractivity contribution is 5.94. The van der Waals surface area contributed by atoms with E-state index in [0.29, 0.717) is 22.4 Å². The number of nitrogens with zero attached hydrogens (tertiary/aromatic N) is 1. The number of anilines is 1. The fourth-order valence-corrected chi connectivity index (χ4v) is 2.60. The van der Waals surface area contributed by atoms with Gasteiger partial charge in [-0.05, 0) is 43.7 Å². The smallest absolute Gasteiger partial charge is 0.408 e. The lowest BCUT2D eigenvalue weighted by atomic mass is 10.1. The third-order valence-electron chi connectivity index (χ3n) is 3.69. The molecule has 0 saturated heterocycles. The standard InChI is InChI=1S/C18H17FN2O3/c1-11(2)21-15-8-7-14(10-16(15)24-18(21)23)20-17(22)9-12-3-5-13(19)6-4-12/h3-8,10-11H,9H2,1-2H3,(H,20,22). The molecule has 3 rings (SSSR count). The van der Waals surface area contributed by atoms with Crippen LogP contribution < -0.4 is 11.1 Å². The zero-order valence-electron chi connectivity index (χ0n) is 13.4. The van der Waals surface area contributed by atoms with Crippen LogP contribution >= 0.6 is 0 Å². The van der Waals surface area contributed by atoms with Gasteiger partial charge in [-0.15, -0.1) is 0 Å². The van der Waals surface area contributed by atoms with Crippen LogP contribution in [0.3, 0.4) is 0 Å². The van der Waals surface area contributed by atoms with Gasteiger partial charge in [-0.2, -0.15) is 0 Å². The maximum atomic E-state index is 12.9. The molecule has 0 bridgehead atoms. The highest BCUT2D eigenvalue weighted by Crippen LogP contribution is 2.21. The Labute approximate surface area is 137 Å². The van der Waals surface area contributed by atoms with Crippen molar-refractivity contribution in [2.75, 3.05) is 5.32 Å². The number of benzene rings is 2. The maximum Gasteiger partial charge on any atom is 0.420 e. The van der Waals surface area contributed by atoms with Crippen molar-refractivity contribution < 1.29 is 13.6 Å². The minimum atomic E-state index is -0.421. The Bertz CT molecular complexity index is 939. The summed E-state index contributed by atoms with van der Waals surface area (Å²) in [5.41, 5.74) is 2.37. The van der Waals surface area contributed by atoms with E-state index in [1.165, 1.54) is 12.1 Å². The molecule has 2 aromatic carbocycles. The summed E-state index contributed by atoms with van der Waals surface area (Å²) in [4.78, 5) is 23.9. The molecular formula is C18H17FN2O3. The average molecular weight is 328 g/mol. The van der Waals surface area contributed by atoms with Crippen LogP contribution in [0.2, 0.25) is 0 Å². The first-order chi connectivity index (χ1) is 11.4. The minimum absolute atomic E-state index is 0.0160.